The summed E-state index contributed by atoms with van der Waals surface area (Å²) in [5.74, 6) is 2.60. The molecule has 1 aliphatic rings. The molecule has 152 valence electrons. The lowest BCUT2D eigenvalue weighted by molar-refractivity contribution is 0.0474. The SMILES string of the molecule is CCNC(=NCc1nnc2n1CCC2)NCC(C)(C)NC(=O)OC(C)(C)C. The molecular formula is C18H33N7O2. The van der Waals surface area contributed by atoms with Crippen LogP contribution in [0, 0.1) is 0 Å². The quantitative estimate of drug-likeness (QED) is 0.512. The maximum absolute atomic E-state index is 12.0. The van der Waals surface area contributed by atoms with E-state index in [1.165, 1.54) is 0 Å². The molecule has 0 saturated carbocycles. The molecule has 9 heteroatoms. The summed E-state index contributed by atoms with van der Waals surface area (Å²) < 4.78 is 7.47. The normalized spacial score (nSPS) is 14.7. The highest BCUT2D eigenvalue weighted by molar-refractivity contribution is 5.80. The number of aryl methyl sites for hydroxylation is 1. The van der Waals surface area contributed by atoms with Crippen molar-refractivity contribution in [1.82, 2.24) is 30.7 Å². The minimum Gasteiger partial charge on any atom is -0.444 e. The van der Waals surface area contributed by atoms with E-state index in [4.69, 9.17) is 4.74 Å². The third kappa shape index (κ3) is 6.73. The van der Waals surface area contributed by atoms with Crippen LogP contribution >= 0.6 is 0 Å². The number of rotatable bonds is 6. The number of guanidine groups is 1. The zero-order chi connectivity index (χ0) is 20.1. The second-order valence-electron chi connectivity index (χ2n) is 8.35. The number of alkyl carbamates (subject to hydrolysis) is 1. The molecule has 0 saturated heterocycles. The number of nitrogens with zero attached hydrogens (tertiary/aromatic N) is 4. The third-order valence-electron chi connectivity index (χ3n) is 3.95. The van der Waals surface area contributed by atoms with Gasteiger partial charge in [0.05, 0.1) is 5.54 Å². The number of carbonyl (C=O) groups excluding carboxylic acids is 1. The van der Waals surface area contributed by atoms with Crippen LogP contribution in [-0.4, -0.2) is 51.0 Å². The molecule has 0 radical (unpaired) electrons. The first-order valence-electron chi connectivity index (χ1n) is 9.54. The van der Waals surface area contributed by atoms with E-state index < -0.39 is 17.2 Å². The number of aliphatic imine (C=N–C) groups is 1. The van der Waals surface area contributed by atoms with Gasteiger partial charge in [0, 0.05) is 26.1 Å². The number of nitrogens with one attached hydrogen (secondary N) is 3. The number of hydrogen-bond donors (Lipinski definition) is 3. The van der Waals surface area contributed by atoms with Gasteiger partial charge >= 0.3 is 6.09 Å². The van der Waals surface area contributed by atoms with Crippen LogP contribution in [0.1, 0.15) is 59.6 Å². The molecule has 1 aliphatic heterocycles. The largest absolute Gasteiger partial charge is 0.444 e. The summed E-state index contributed by atoms with van der Waals surface area (Å²) in [6.45, 7) is 14.1. The second-order valence-corrected chi connectivity index (χ2v) is 8.35. The number of carbonyl (C=O) groups is 1. The molecule has 2 heterocycles. The Balaban J connectivity index is 1.91. The first-order valence-corrected chi connectivity index (χ1v) is 9.54. The molecule has 0 bridgehead atoms. The van der Waals surface area contributed by atoms with E-state index in [0.29, 0.717) is 19.0 Å². The summed E-state index contributed by atoms with van der Waals surface area (Å²) in [7, 11) is 0. The Morgan fingerprint density at radius 2 is 1.96 bits per heavy atom. The van der Waals surface area contributed by atoms with Crippen LogP contribution in [-0.2, 0) is 24.2 Å². The topological polar surface area (TPSA) is 105 Å². The van der Waals surface area contributed by atoms with Crippen LogP contribution < -0.4 is 16.0 Å². The smallest absolute Gasteiger partial charge is 0.408 e. The third-order valence-corrected chi connectivity index (χ3v) is 3.95. The fraction of sp³-hybridized carbons (Fsp3) is 0.778. The lowest BCUT2D eigenvalue weighted by Gasteiger charge is -2.29. The molecule has 9 nitrogen and oxygen atoms in total. The Morgan fingerprint density at radius 1 is 1.22 bits per heavy atom. The first kappa shape index (κ1) is 21.0. The molecule has 0 unspecified atom stereocenters. The van der Waals surface area contributed by atoms with E-state index in [-0.39, 0.29) is 0 Å². The highest BCUT2D eigenvalue weighted by Gasteiger charge is 2.25. The zero-order valence-corrected chi connectivity index (χ0v) is 17.3. The fourth-order valence-corrected chi connectivity index (χ4v) is 2.75. The molecule has 0 fully saturated rings. The molecule has 1 aromatic heterocycles. The Labute approximate surface area is 161 Å². The minimum absolute atomic E-state index is 0.435. The van der Waals surface area contributed by atoms with Crippen molar-refractivity contribution >= 4 is 12.1 Å². The summed E-state index contributed by atoms with van der Waals surface area (Å²) in [6, 6.07) is 0. The average Bonchev–Trinajstić information content (AvgIpc) is 3.11. The fourth-order valence-electron chi connectivity index (χ4n) is 2.75. The van der Waals surface area contributed by atoms with Gasteiger partial charge in [-0.05, 0) is 48.0 Å². The molecule has 1 aromatic rings. The minimum atomic E-state index is -0.525. The van der Waals surface area contributed by atoms with E-state index in [1.807, 2.05) is 41.5 Å². The van der Waals surface area contributed by atoms with E-state index in [9.17, 15) is 4.79 Å². The number of aromatic nitrogens is 3. The monoisotopic (exact) mass is 379 g/mol. The standard InChI is InChI=1S/C18H33N7O2/c1-7-19-15(20-11-14-24-23-13-9-8-10-25(13)14)21-12-18(5,6)22-16(26)27-17(2,3)4/h7-12H2,1-6H3,(H,22,26)(H2,19,20,21). The van der Waals surface area contributed by atoms with Crippen LogP contribution in [0.3, 0.4) is 0 Å². The van der Waals surface area contributed by atoms with Crippen LogP contribution in [0.25, 0.3) is 0 Å². The van der Waals surface area contributed by atoms with Crippen LogP contribution in [0.5, 0.6) is 0 Å². The number of hydrogen-bond acceptors (Lipinski definition) is 5. The van der Waals surface area contributed by atoms with Gasteiger partial charge in [-0.1, -0.05) is 0 Å². The van der Waals surface area contributed by atoms with Crippen molar-refractivity contribution in [3.05, 3.63) is 11.6 Å². The van der Waals surface area contributed by atoms with Gasteiger partial charge in [0.15, 0.2) is 11.8 Å². The average molecular weight is 380 g/mol. The van der Waals surface area contributed by atoms with Crippen molar-refractivity contribution in [3.63, 3.8) is 0 Å². The summed E-state index contributed by atoms with van der Waals surface area (Å²) in [4.78, 5) is 16.6. The molecular weight excluding hydrogens is 346 g/mol. The van der Waals surface area contributed by atoms with Gasteiger partial charge < -0.3 is 25.3 Å². The van der Waals surface area contributed by atoms with Gasteiger partial charge in [0.1, 0.15) is 18.0 Å². The molecule has 2 rings (SSSR count). The molecule has 0 aromatic carbocycles. The maximum atomic E-state index is 12.0. The van der Waals surface area contributed by atoms with Gasteiger partial charge in [-0.15, -0.1) is 10.2 Å². The summed E-state index contributed by atoms with van der Waals surface area (Å²) in [5, 5.41) is 17.8. The van der Waals surface area contributed by atoms with Gasteiger partial charge in [-0.2, -0.15) is 0 Å². The lowest BCUT2D eigenvalue weighted by Crippen LogP contribution is -2.54. The van der Waals surface area contributed by atoms with Gasteiger partial charge in [0.2, 0.25) is 0 Å². The predicted molar refractivity (Wildman–Crippen MR) is 105 cm³/mol. The van der Waals surface area contributed by atoms with Crippen molar-refractivity contribution in [1.29, 1.82) is 0 Å². The molecule has 0 aliphatic carbocycles. The van der Waals surface area contributed by atoms with Crippen LogP contribution in [0.4, 0.5) is 4.79 Å². The van der Waals surface area contributed by atoms with Crippen molar-refractivity contribution in [3.8, 4) is 0 Å². The molecule has 3 N–H and O–H groups in total. The van der Waals surface area contributed by atoms with Gasteiger partial charge in [-0.3, -0.25) is 0 Å². The first-order chi connectivity index (χ1) is 12.6. The summed E-state index contributed by atoms with van der Waals surface area (Å²) >= 11 is 0. The van der Waals surface area contributed by atoms with Crippen LogP contribution in [0.2, 0.25) is 0 Å². The van der Waals surface area contributed by atoms with E-state index in [0.717, 1.165) is 37.6 Å². The number of amides is 1. The molecule has 1 amide bonds. The Morgan fingerprint density at radius 3 is 2.63 bits per heavy atom. The van der Waals surface area contributed by atoms with Crippen molar-refractivity contribution in [2.45, 2.75) is 78.6 Å². The Bertz CT molecular complexity index is 674. The van der Waals surface area contributed by atoms with Crippen LogP contribution in [0.15, 0.2) is 4.99 Å². The highest BCUT2D eigenvalue weighted by Crippen LogP contribution is 2.14. The number of ether oxygens (including phenoxy) is 1. The van der Waals surface area contributed by atoms with E-state index in [1.54, 1.807) is 0 Å². The predicted octanol–water partition coefficient (Wildman–Crippen LogP) is 1.58. The Hall–Kier alpha value is -2.32. The molecule has 0 spiro atoms. The Kier molecular flexibility index (Phi) is 6.67. The molecule has 0 atom stereocenters. The second kappa shape index (κ2) is 8.58. The highest BCUT2D eigenvalue weighted by atomic mass is 16.6. The molecule has 27 heavy (non-hydrogen) atoms. The number of fused-ring (bicyclic) bond motifs is 1. The van der Waals surface area contributed by atoms with Crippen molar-refractivity contribution < 1.29 is 9.53 Å². The lowest BCUT2D eigenvalue weighted by atomic mass is 10.1. The summed E-state index contributed by atoms with van der Waals surface area (Å²) in [6.07, 6.45) is 1.67. The van der Waals surface area contributed by atoms with E-state index in [2.05, 4.69) is 35.7 Å². The van der Waals surface area contributed by atoms with Gasteiger partial charge in [-0.25, -0.2) is 9.79 Å². The van der Waals surface area contributed by atoms with Gasteiger partial charge in [0.25, 0.3) is 0 Å². The summed E-state index contributed by atoms with van der Waals surface area (Å²) in [5.41, 5.74) is -1.03. The van der Waals surface area contributed by atoms with Crippen molar-refractivity contribution in [2.75, 3.05) is 13.1 Å². The maximum Gasteiger partial charge on any atom is 0.408 e. The van der Waals surface area contributed by atoms with Crippen molar-refractivity contribution in [2.24, 2.45) is 4.99 Å². The zero-order valence-electron chi connectivity index (χ0n) is 17.3. The van der Waals surface area contributed by atoms with E-state index >= 15 is 0 Å².